The number of carbonyl (C=O) groups is 3. The molecule has 0 unspecified atom stereocenters. The summed E-state index contributed by atoms with van der Waals surface area (Å²) in [5, 5.41) is 5.62. The Morgan fingerprint density at radius 3 is 2.41 bits per heavy atom. The quantitative estimate of drug-likeness (QED) is 0.652. The smallest absolute Gasteiger partial charge is 0.325 e. The van der Waals surface area contributed by atoms with E-state index in [0.29, 0.717) is 31.7 Å². The number of carbonyl (C=O) groups excluding carboxylic acids is 3. The fourth-order valence-corrected chi connectivity index (χ4v) is 4.30. The Kier molecular flexibility index (Phi) is 6.41. The molecule has 168 valence electrons. The van der Waals surface area contributed by atoms with E-state index in [1.165, 1.54) is 0 Å². The molecule has 1 atom stereocenters. The molecular formula is C24H28N4O4. The lowest BCUT2D eigenvalue weighted by molar-refractivity contribution is -0.134. The fourth-order valence-electron chi connectivity index (χ4n) is 4.30. The molecule has 0 aliphatic carbocycles. The van der Waals surface area contributed by atoms with Crippen LogP contribution in [-0.4, -0.2) is 55.6 Å². The van der Waals surface area contributed by atoms with Crippen molar-refractivity contribution in [3.63, 3.8) is 0 Å². The van der Waals surface area contributed by atoms with Gasteiger partial charge in [-0.3, -0.25) is 14.5 Å². The van der Waals surface area contributed by atoms with Crippen molar-refractivity contribution in [2.75, 3.05) is 43.1 Å². The van der Waals surface area contributed by atoms with Gasteiger partial charge in [0.25, 0.3) is 5.91 Å². The molecule has 8 heteroatoms. The number of hydrogen-bond donors (Lipinski definition) is 2. The Bertz CT molecular complexity index is 973. The summed E-state index contributed by atoms with van der Waals surface area (Å²) in [7, 11) is 0. The van der Waals surface area contributed by atoms with Crippen molar-refractivity contribution in [2.24, 2.45) is 0 Å². The van der Waals surface area contributed by atoms with Crippen molar-refractivity contribution in [1.82, 2.24) is 10.2 Å². The van der Waals surface area contributed by atoms with Gasteiger partial charge in [0.2, 0.25) is 5.91 Å². The first-order valence-electron chi connectivity index (χ1n) is 11.0. The number of imide groups is 1. The van der Waals surface area contributed by atoms with Crippen molar-refractivity contribution in [1.29, 1.82) is 0 Å². The maximum atomic E-state index is 13.3. The predicted octanol–water partition coefficient (Wildman–Crippen LogP) is 2.71. The van der Waals surface area contributed by atoms with Gasteiger partial charge in [-0.1, -0.05) is 43.7 Å². The highest BCUT2D eigenvalue weighted by Crippen LogP contribution is 2.33. The molecule has 0 aromatic heterocycles. The number of amides is 4. The van der Waals surface area contributed by atoms with Gasteiger partial charge in [0.15, 0.2) is 0 Å². The topological polar surface area (TPSA) is 91.0 Å². The normalized spacial score (nSPS) is 20.9. The molecule has 2 heterocycles. The van der Waals surface area contributed by atoms with Crippen molar-refractivity contribution in [3.8, 4) is 0 Å². The third-order valence-corrected chi connectivity index (χ3v) is 5.90. The van der Waals surface area contributed by atoms with Crippen LogP contribution < -0.4 is 15.5 Å². The maximum Gasteiger partial charge on any atom is 0.325 e. The summed E-state index contributed by atoms with van der Waals surface area (Å²) in [4.78, 5) is 41.8. The van der Waals surface area contributed by atoms with Crippen LogP contribution >= 0.6 is 0 Å². The molecule has 2 saturated heterocycles. The van der Waals surface area contributed by atoms with Gasteiger partial charge in [-0.05, 0) is 36.2 Å². The second-order valence-corrected chi connectivity index (χ2v) is 8.04. The monoisotopic (exact) mass is 436 g/mol. The zero-order valence-electron chi connectivity index (χ0n) is 18.2. The average Bonchev–Trinajstić information content (AvgIpc) is 3.06. The minimum atomic E-state index is -1.13. The molecule has 2 aromatic carbocycles. The van der Waals surface area contributed by atoms with Crippen LogP contribution in [0.1, 0.15) is 25.3 Å². The molecule has 4 rings (SSSR count). The highest BCUT2D eigenvalue weighted by Gasteiger charge is 2.52. The summed E-state index contributed by atoms with van der Waals surface area (Å²) in [6.45, 7) is 4.69. The van der Waals surface area contributed by atoms with Crippen LogP contribution in [0.2, 0.25) is 0 Å². The molecule has 0 radical (unpaired) electrons. The van der Waals surface area contributed by atoms with Crippen LogP contribution in [0, 0.1) is 0 Å². The molecule has 0 bridgehead atoms. The summed E-state index contributed by atoms with van der Waals surface area (Å²) in [5.74, 6) is -0.818. The van der Waals surface area contributed by atoms with Crippen molar-refractivity contribution < 1.29 is 19.1 Å². The highest BCUT2D eigenvalue weighted by atomic mass is 16.5. The molecule has 0 spiro atoms. The van der Waals surface area contributed by atoms with Gasteiger partial charge in [0.1, 0.15) is 12.1 Å². The lowest BCUT2D eigenvalue weighted by atomic mass is 9.85. The van der Waals surface area contributed by atoms with Gasteiger partial charge in [-0.2, -0.15) is 0 Å². The lowest BCUT2D eigenvalue weighted by Crippen LogP contribution is -2.44. The molecule has 2 fully saturated rings. The second kappa shape index (κ2) is 9.40. The number of nitrogens with one attached hydrogen (secondary N) is 2. The number of rotatable bonds is 7. The molecule has 4 amide bonds. The third-order valence-electron chi connectivity index (χ3n) is 5.90. The fraction of sp³-hybridized carbons (Fsp3) is 0.375. The lowest BCUT2D eigenvalue weighted by Gasteiger charge is -2.29. The molecule has 0 saturated carbocycles. The molecule has 32 heavy (non-hydrogen) atoms. The van der Waals surface area contributed by atoms with Gasteiger partial charge >= 0.3 is 6.03 Å². The maximum absolute atomic E-state index is 13.3. The standard InChI is InChI=1S/C24H28N4O4/c1-2-12-24(18-6-4-3-5-7-18)22(30)28(23(31)26-24)17-21(29)25-19-8-10-20(11-9-19)27-13-15-32-16-14-27/h3-11H,2,12-17H2,1H3,(H,25,29)(H,26,31)/t24-/m1/s1. The molecule has 2 N–H and O–H groups in total. The van der Waals surface area contributed by atoms with Crippen LogP contribution in [0.3, 0.4) is 0 Å². The first-order chi connectivity index (χ1) is 15.5. The average molecular weight is 437 g/mol. The number of anilines is 2. The van der Waals surface area contributed by atoms with E-state index in [1.54, 1.807) is 0 Å². The SMILES string of the molecule is CCC[C@]1(c2ccccc2)NC(=O)N(CC(=O)Nc2ccc(N3CCOCC3)cc2)C1=O. The largest absolute Gasteiger partial charge is 0.378 e. The highest BCUT2D eigenvalue weighted by molar-refractivity contribution is 6.10. The Hall–Kier alpha value is -3.39. The predicted molar refractivity (Wildman–Crippen MR) is 121 cm³/mol. The summed E-state index contributed by atoms with van der Waals surface area (Å²) < 4.78 is 5.37. The van der Waals surface area contributed by atoms with Gasteiger partial charge in [-0.15, -0.1) is 0 Å². The molecule has 2 aliphatic heterocycles. The number of urea groups is 1. The summed E-state index contributed by atoms with van der Waals surface area (Å²) in [6.07, 6.45) is 1.17. The summed E-state index contributed by atoms with van der Waals surface area (Å²) in [6, 6.07) is 16.2. The van der Waals surface area contributed by atoms with E-state index in [9.17, 15) is 14.4 Å². The summed E-state index contributed by atoms with van der Waals surface area (Å²) >= 11 is 0. The van der Waals surface area contributed by atoms with Crippen molar-refractivity contribution in [2.45, 2.75) is 25.3 Å². The Morgan fingerprint density at radius 1 is 1.06 bits per heavy atom. The van der Waals surface area contributed by atoms with E-state index in [4.69, 9.17) is 4.74 Å². The van der Waals surface area contributed by atoms with E-state index >= 15 is 0 Å². The van der Waals surface area contributed by atoms with Crippen LogP contribution in [0.15, 0.2) is 54.6 Å². The first kappa shape index (κ1) is 21.8. The van der Waals surface area contributed by atoms with E-state index < -0.39 is 23.4 Å². The Morgan fingerprint density at radius 2 is 1.75 bits per heavy atom. The van der Waals surface area contributed by atoms with Crippen LogP contribution in [0.4, 0.5) is 16.2 Å². The van der Waals surface area contributed by atoms with E-state index in [0.717, 1.165) is 29.2 Å². The van der Waals surface area contributed by atoms with Crippen LogP contribution in [-0.2, 0) is 19.9 Å². The number of nitrogens with zero attached hydrogens (tertiary/aromatic N) is 2. The third kappa shape index (κ3) is 4.31. The second-order valence-electron chi connectivity index (χ2n) is 8.04. The van der Waals surface area contributed by atoms with E-state index in [2.05, 4.69) is 15.5 Å². The Labute approximate surface area is 187 Å². The zero-order chi connectivity index (χ0) is 22.6. The Balaban J connectivity index is 1.42. The van der Waals surface area contributed by atoms with Gasteiger partial charge in [-0.25, -0.2) is 4.79 Å². The van der Waals surface area contributed by atoms with Gasteiger partial charge in [0, 0.05) is 24.5 Å². The molecule has 2 aliphatic rings. The number of morpholine rings is 1. The van der Waals surface area contributed by atoms with Gasteiger partial charge < -0.3 is 20.3 Å². The molecular weight excluding hydrogens is 408 g/mol. The number of hydrogen-bond acceptors (Lipinski definition) is 5. The number of ether oxygens (including phenoxy) is 1. The molecule has 8 nitrogen and oxygen atoms in total. The van der Waals surface area contributed by atoms with E-state index in [1.807, 2.05) is 61.5 Å². The minimum absolute atomic E-state index is 0.339. The zero-order valence-corrected chi connectivity index (χ0v) is 18.2. The van der Waals surface area contributed by atoms with Crippen LogP contribution in [0.25, 0.3) is 0 Å². The number of benzene rings is 2. The van der Waals surface area contributed by atoms with Crippen molar-refractivity contribution in [3.05, 3.63) is 60.2 Å². The summed E-state index contributed by atoms with van der Waals surface area (Å²) in [5.41, 5.74) is 1.27. The molecule has 2 aromatic rings. The van der Waals surface area contributed by atoms with E-state index in [-0.39, 0.29) is 6.54 Å². The first-order valence-corrected chi connectivity index (χ1v) is 11.0. The van der Waals surface area contributed by atoms with Crippen molar-refractivity contribution >= 4 is 29.2 Å². The van der Waals surface area contributed by atoms with Crippen LogP contribution in [0.5, 0.6) is 0 Å². The minimum Gasteiger partial charge on any atom is -0.378 e. The van der Waals surface area contributed by atoms with Gasteiger partial charge in [0.05, 0.1) is 13.2 Å².